The number of alkyl halides is 6. The van der Waals surface area contributed by atoms with Gasteiger partial charge < -0.3 is 14.2 Å². The maximum Gasteiger partial charge on any atom is 0.446 e. The van der Waals surface area contributed by atoms with Crippen molar-refractivity contribution in [1.82, 2.24) is 0 Å². The molecule has 0 atom stereocenters. The standard InChI is InChI=1S/C11H10F6O3S2/c1-18-5-4-6(21-10(12,13)14)9(22-11(15,16)17)8(20-3)7(5)19-2/h4H,1-3H3. The van der Waals surface area contributed by atoms with Crippen LogP contribution in [0.4, 0.5) is 26.3 Å². The summed E-state index contributed by atoms with van der Waals surface area (Å²) >= 11 is -1.40. The minimum atomic E-state index is -4.80. The SMILES string of the molecule is COc1cc(SC(F)(F)F)c(SC(F)(F)F)c(OC)c1OC. The predicted octanol–water partition coefficient (Wildman–Crippen LogP) is 4.94. The third-order valence-electron chi connectivity index (χ3n) is 2.19. The second-order valence-electron chi connectivity index (χ2n) is 3.57. The average molecular weight is 368 g/mol. The third kappa shape index (κ3) is 4.97. The first-order valence-corrected chi connectivity index (χ1v) is 7.00. The molecular weight excluding hydrogens is 358 g/mol. The van der Waals surface area contributed by atoms with Crippen LogP contribution in [0.15, 0.2) is 15.9 Å². The van der Waals surface area contributed by atoms with E-state index in [4.69, 9.17) is 14.2 Å². The van der Waals surface area contributed by atoms with Gasteiger partial charge >= 0.3 is 11.0 Å². The first kappa shape index (κ1) is 18.9. The molecule has 0 bridgehead atoms. The van der Waals surface area contributed by atoms with E-state index in [-0.39, 0.29) is 11.5 Å². The number of ether oxygens (including phenoxy) is 3. The van der Waals surface area contributed by atoms with Gasteiger partial charge in [-0.3, -0.25) is 0 Å². The van der Waals surface area contributed by atoms with E-state index in [9.17, 15) is 26.3 Å². The molecule has 1 rings (SSSR count). The maximum atomic E-state index is 12.6. The lowest BCUT2D eigenvalue weighted by Crippen LogP contribution is -2.06. The molecular formula is C11H10F6O3S2. The fourth-order valence-corrected chi connectivity index (χ4v) is 3.03. The smallest absolute Gasteiger partial charge is 0.446 e. The summed E-state index contributed by atoms with van der Waals surface area (Å²) in [5, 5.41) is 0. The number of rotatable bonds is 5. The molecule has 3 nitrogen and oxygen atoms in total. The Balaban J connectivity index is 3.57. The van der Waals surface area contributed by atoms with Crippen LogP contribution in [-0.4, -0.2) is 32.3 Å². The summed E-state index contributed by atoms with van der Waals surface area (Å²) in [6.45, 7) is 0. The van der Waals surface area contributed by atoms with Crippen LogP contribution in [0.3, 0.4) is 0 Å². The van der Waals surface area contributed by atoms with E-state index < -0.39 is 50.1 Å². The van der Waals surface area contributed by atoms with Gasteiger partial charge in [-0.05, 0) is 29.6 Å². The monoisotopic (exact) mass is 368 g/mol. The van der Waals surface area contributed by atoms with Crippen LogP contribution in [0, 0.1) is 0 Å². The number of hydrogen-bond donors (Lipinski definition) is 0. The molecule has 126 valence electrons. The molecule has 0 N–H and O–H groups in total. The average Bonchev–Trinajstić information content (AvgIpc) is 2.36. The Morgan fingerprint density at radius 3 is 1.64 bits per heavy atom. The molecule has 0 aliphatic carbocycles. The van der Waals surface area contributed by atoms with E-state index >= 15 is 0 Å². The molecule has 0 aliphatic heterocycles. The van der Waals surface area contributed by atoms with Gasteiger partial charge in [-0.1, -0.05) is 0 Å². The molecule has 22 heavy (non-hydrogen) atoms. The Hall–Kier alpha value is -1.10. The summed E-state index contributed by atoms with van der Waals surface area (Å²) in [4.78, 5) is -1.43. The number of thioether (sulfide) groups is 2. The second kappa shape index (κ2) is 6.99. The quantitative estimate of drug-likeness (QED) is 0.542. The lowest BCUT2D eigenvalue weighted by molar-refractivity contribution is -0.0347. The van der Waals surface area contributed by atoms with Crippen molar-refractivity contribution in [2.45, 2.75) is 20.8 Å². The highest BCUT2D eigenvalue weighted by Crippen LogP contribution is 2.55. The van der Waals surface area contributed by atoms with Crippen LogP contribution in [0.1, 0.15) is 0 Å². The minimum absolute atomic E-state index is 0.169. The zero-order valence-corrected chi connectivity index (χ0v) is 13.0. The number of methoxy groups -OCH3 is 3. The summed E-state index contributed by atoms with van der Waals surface area (Å²) in [6, 6.07) is 0.827. The summed E-state index contributed by atoms with van der Waals surface area (Å²) in [5.41, 5.74) is -9.57. The van der Waals surface area contributed by atoms with Gasteiger partial charge in [-0.15, -0.1) is 0 Å². The largest absolute Gasteiger partial charge is 0.493 e. The number of halogens is 6. The molecule has 11 heteroatoms. The lowest BCUT2D eigenvalue weighted by atomic mass is 10.3. The maximum absolute atomic E-state index is 12.6. The van der Waals surface area contributed by atoms with Gasteiger partial charge in [0.2, 0.25) is 5.75 Å². The summed E-state index contributed by atoms with van der Waals surface area (Å²) in [5.74, 6) is -0.864. The fraction of sp³-hybridized carbons (Fsp3) is 0.455. The van der Waals surface area contributed by atoms with Crippen LogP contribution in [0.2, 0.25) is 0 Å². The first-order valence-electron chi connectivity index (χ1n) is 5.36. The van der Waals surface area contributed by atoms with Crippen molar-refractivity contribution in [3.05, 3.63) is 6.07 Å². The van der Waals surface area contributed by atoms with Crippen LogP contribution in [0.5, 0.6) is 17.2 Å². The molecule has 1 aromatic carbocycles. The van der Waals surface area contributed by atoms with Gasteiger partial charge in [0.15, 0.2) is 11.5 Å². The Morgan fingerprint density at radius 2 is 1.27 bits per heavy atom. The van der Waals surface area contributed by atoms with Gasteiger partial charge in [-0.25, -0.2) is 0 Å². The van der Waals surface area contributed by atoms with Gasteiger partial charge in [0.25, 0.3) is 0 Å². The van der Waals surface area contributed by atoms with E-state index in [1.165, 1.54) is 0 Å². The van der Waals surface area contributed by atoms with Crippen molar-refractivity contribution < 1.29 is 40.6 Å². The van der Waals surface area contributed by atoms with Gasteiger partial charge in [0, 0.05) is 4.90 Å². The van der Waals surface area contributed by atoms with E-state index in [0.29, 0.717) is 0 Å². The highest BCUT2D eigenvalue weighted by Gasteiger charge is 2.38. The topological polar surface area (TPSA) is 27.7 Å². The van der Waals surface area contributed by atoms with Crippen LogP contribution in [-0.2, 0) is 0 Å². The predicted molar refractivity (Wildman–Crippen MR) is 69.9 cm³/mol. The number of benzene rings is 1. The van der Waals surface area contributed by atoms with E-state index in [0.717, 1.165) is 27.4 Å². The lowest BCUT2D eigenvalue weighted by Gasteiger charge is -2.20. The highest BCUT2D eigenvalue weighted by atomic mass is 32.2. The molecule has 0 radical (unpaired) electrons. The summed E-state index contributed by atoms with van der Waals surface area (Å²) < 4.78 is 90.1. The molecule has 0 saturated heterocycles. The Kier molecular flexibility index (Phi) is 6.02. The van der Waals surface area contributed by atoms with Gasteiger partial charge in [0.1, 0.15) is 0 Å². The Bertz CT molecular complexity index is 530. The summed E-state index contributed by atoms with van der Waals surface area (Å²) in [6.07, 6.45) is 0. The van der Waals surface area contributed by atoms with Crippen molar-refractivity contribution in [1.29, 1.82) is 0 Å². The first-order chi connectivity index (χ1) is 10.0. The van der Waals surface area contributed by atoms with Gasteiger partial charge in [0.05, 0.1) is 26.2 Å². The van der Waals surface area contributed by atoms with E-state index in [1.54, 1.807) is 0 Å². The zero-order valence-electron chi connectivity index (χ0n) is 11.4. The van der Waals surface area contributed by atoms with E-state index in [2.05, 4.69) is 0 Å². The highest BCUT2D eigenvalue weighted by molar-refractivity contribution is 8.03. The molecule has 0 aromatic heterocycles. The van der Waals surface area contributed by atoms with Crippen LogP contribution >= 0.6 is 23.5 Å². The molecule has 0 saturated carbocycles. The molecule has 1 aromatic rings. The zero-order chi connectivity index (χ0) is 17.1. The Morgan fingerprint density at radius 1 is 0.773 bits per heavy atom. The van der Waals surface area contributed by atoms with E-state index in [1.807, 2.05) is 0 Å². The molecule has 0 fully saturated rings. The van der Waals surface area contributed by atoms with Crippen molar-refractivity contribution in [2.75, 3.05) is 21.3 Å². The molecule has 0 unspecified atom stereocenters. The van der Waals surface area contributed by atoms with Crippen molar-refractivity contribution in [3.8, 4) is 17.2 Å². The normalized spacial score (nSPS) is 12.2. The van der Waals surface area contributed by atoms with Crippen LogP contribution in [0.25, 0.3) is 0 Å². The second-order valence-corrected chi connectivity index (χ2v) is 5.75. The van der Waals surface area contributed by atoms with Crippen molar-refractivity contribution >= 4 is 23.5 Å². The molecule has 0 aliphatic rings. The Labute approximate surface area is 130 Å². The number of hydrogen-bond acceptors (Lipinski definition) is 5. The summed E-state index contributed by atoms with van der Waals surface area (Å²) in [7, 11) is 3.31. The van der Waals surface area contributed by atoms with Crippen LogP contribution < -0.4 is 14.2 Å². The molecule has 0 spiro atoms. The van der Waals surface area contributed by atoms with Crippen molar-refractivity contribution in [3.63, 3.8) is 0 Å². The minimum Gasteiger partial charge on any atom is -0.493 e. The molecule has 0 heterocycles. The van der Waals surface area contributed by atoms with Crippen molar-refractivity contribution in [2.24, 2.45) is 0 Å². The molecule has 0 amide bonds. The third-order valence-corrected chi connectivity index (χ3v) is 3.94. The fourth-order valence-electron chi connectivity index (χ4n) is 1.52. The van der Waals surface area contributed by atoms with Gasteiger partial charge in [-0.2, -0.15) is 26.3 Å².